The van der Waals surface area contributed by atoms with E-state index in [0.29, 0.717) is 0 Å². The predicted octanol–water partition coefficient (Wildman–Crippen LogP) is 0.288. The lowest BCUT2D eigenvalue weighted by Crippen LogP contribution is -2.69. The van der Waals surface area contributed by atoms with Gasteiger partial charge < -0.3 is 57.0 Å². The Bertz CT molecular complexity index is 1460. The Balaban J connectivity index is 2.69. The first-order valence-corrected chi connectivity index (χ1v) is 19.9. The van der Waals surface area contributed by atoms with Crippen molar-refractivity contribution in [1.29, 1.82) is 0 Å². The molecule has 2 aliphatic heterocycles. The molecular weight excluding hydrogens is 797 g/mol. The minimum atomic E-state index is -3.07. The molecule has 0 radical (unpaired) electrons. The SMILES string of the molecule is CCOP(=S)(NNC(=S)N[C@@H]1O[C@H](COC(C)=O)[C@@H](O[C@@H]2O[C@H](CC(C)=O)[C@H](OC(C)=O)[C@H](OC(C)=O)[C@H]2OC(C)=O)[C@H](OC(C)=O)[C@H]1OC(C)=O)OCC. The van der Waals surface area contributed by atoms with E-state index in [4.69, 9.17) is 75.7 Å². The fourth-order valence-corrected chi connectivity index (χ4v) is 7.61. The van der Waals surface area contributed by atoms with E-state index in [1.165, 1.54) is 6.92 Å². The van der Waals surface area contributed by atoms with Crippen LogP contribution in [0.3, 0.4) is 0 Å². The molecule has 2 fully saturated rings. The molecule has 0 unspecified atom stereocenters. The number of ether oxygens (including phenoxy) is 9. The molecule has 0 aromatic rings. The molecule has 55 heavy (non-hydrogen) atoms. The topological polar surface area (TPSA) is 257 Å². The van der Waals surface area contributed by atoms with Gasteiger partial charge in [0.25, 0.3) is 6.64 Å². The number of nitrogens with one attached hydrogen (secondary N) is 3. The van der Waals surface area contributed by atoms with Gasteiger partial charge >= 0.3 is 35.8 Å². The van der Waals surface area contributed by atoms with Crippen molar-refractivity contribution in [3.8, 4) is 0 Å². The second-order valence-electron chi connectivity index (χ2n) is 11.9. The van der Waals surface area contributed by atoms with Crippen molar-refractivity contribution in [2.24, 2.45) is 0 Å². The van der Waals surface area contributed by atoms with E-state index >= 15 is 0 Å². The van der Waals surface area contributed by atoms with Crippen LogP contribution < -0.4 is 15.9 Å². The van der Waals surface area contributed by atoms with Crippen LogP contribution in [0.5, 0.6) is 0 Å². The van der Waals surface area contributed by atoms with Gasteiger partial charge in [0.15, 0.2) is 48.2 Å². The first-order valence-electron chi connectivity index (χ1n) is 16.9. The molecule has 2 saturated heterocycles. The summed E-state index contributed by atoms with van der Waals surface area (Å²) in [5.41, 5.74) is 2.64. The third-order valence-electron chi connectivity index (χ3n) is 7.14. The Morgan fingerprint density at radius 2 is 1.09 bits per heavy atom. The summed E-state index contributed by atoms with van der Waals surface area (Å²) in [5.74, 6) is -5.64. The van der Waals surface area contributed by atoms with Crippen molar-refractivity contribution in [2.75, 3.05) is 19.8 Å². The highest BCUT2D eigenvalue weighted by Gasteiger charge is 2.57. The molecule has 0 aromatic heterocycles. The van der Waals surface area contributed by atoms with Crippen LogP contribution in [0.4, 0.5) is 0 Å². The Morgan fingerprint density at radius 3 is 1.56 bits per heavy atom. The summed E-state index contributed by atoms with van der Waals surface area (Å²) in [6, 6.07) is 0. The van der Waals surface area contributed by atoms with Gasteiger partial charge in [0.05, 0.1) is 13.2 Å². The van der Waals surface area contributed by atoms with Gasteiger partial charge in [-0.15, -0.1) is 0 Å². The molecule has 24 heteroatoms. The molecule has 0 spiro atoms. The van der Waals surface area contributed by atoms with Crippen molar-refractivity contribution in [2.45, 2.75) is 130 Å². The maximum absolute atomic E-state index is 12.6. The molecular formula is C31H48N3O18PS2. The van der Waals surface area contributed by atoms with Gasteiger partial charge in [-0.2, -0.15) is 5.20 Å². The van der Waals surface area contributed by atoms with Gasteiger partial charge in [-0.3, -0.25) is 39.0 Å². The average molecular weight is 846 g/mol. The van der Waals surface area contributed by atoms with Crippen molar-refractivity contribution in [3.63, 3.8) is 0 Å². The lowest BCUT2D eigenvalue weighted by Gasteiger charge is -2.49. The summed E-state index contributed by atoms with van der Waals surface area (Å²) in [6.45, 7) is 7.75. The van der Waals surface area contributed by atoms with Crippen LogP contribution >= 0.6 is 18.9 Å². The highest BCUT2D eigenvalue weighted by atomic mass is 32.5. The van der Waals surface area contributed by atoms with Crippen LogP contribution in [0.1, 0.15) is 68.7 Å². The summed E-state index contributed by atoms with van der Waals surface area (Å²) in [4.78, 5) is 86.5. The standard InChI is InChI=1S/C31H48N3O18PS2/c1-10-43-53(55,44-11-2)34-33-31(54)32-29-27(48-19(8)40)25(46-17(6)38)24(22(50-29)13-42-15(4)36)52-30-28(49-20(9)41)26(47-18(7)39)23(45-16(5)37)21(51-30)12-14(3)35/h21-30H,10-13H2,1-9H3,(H,34,55)(H2,32,33,54)/t21-,22-,23+,24-,25+,26+,27-,28-,29-,30+/m1/s1. The molecule has 0 saturated carbocycles. The van der Waals surface area contributed by atoms with E-state index in [-0.39, 0.29) is 18.3 Å². The third kappa shape index (κ3) is 15.6. The zero-order valence-corrected chi connectivity index (χ0v) is 34.2. The first kappa shape index (κ1) is 47.7. The second-order valence-corrected chi connectivity index (χ2v) is 15.4. The molecule has 0 aromatic carbocycles. The fourth-order valence-electron chi connectivity index (χ4n) is 5.47. The van der Waals surface area contributed by atoms with Gasteiger partial charge in [0.1, 0.15) is 30.7 Å². The molecule has 0 bridgehead atoms. The van der Waals surface area contributed by atoms with Gasteiger partial charge in [-0.05, 0) is 44.8 Å². The molecule has 312 valence electrons. The highest BCUT2D eigenvalue weighted by Crippen LogP contribution is 2.43. The second kappa shape index (κ2) is 22.4. The molecule has 2 aliphatic rings. The van der Waals surface area contributed by atoms with Gasteiger partial charge in [0.2, 0.25) is 0 Å². The van der Waals surface area contributed by atoms with Crippen molar-refractivity contribution >= 4 is 77.4 Å². The number of hydrazine groups is 1. The number of ketones is 1. The van der Waals surface area contributed by atoms with Crippen LogP contribution in [0.25, 0.3) is 0 Å². The first-order chi connectivity index (χ1) is 25.7. The summed E-state index contributed by atoms with van der Waals surface area (Å²) >= 11 is 10.9. The maximum atomic E-state index is 12.6. The van der Waals surface area contributed by atoms with E-state index in [0.717, 1.165) is 41.5 Å². The fraction of sp³-hybridized carbons (Fsp3) is 0.742. The van der Waals surface area contributed by atoms with Crippen LogP contribution in [-0.2, 0) is 97.0 Å². The molecule has 3 N–H and O–H groups in total. The predicted molar refractivity (Wildman–Crippen MR) is 191 cm³/mol. The van der Waals surface area contributed by atoms with E-state index in [9.17, 15) is 33.6 Å². The monoisotopic (exact) mass is 845 g/mol. The van der Waals surface area contributed by atoms with Crippen LogP contribution in [0, 0.1) is 0 Å². The lowest BCUT2D eigenvalue weighted by atomic mass is 9.93. The number of hydrogen-bond donors (Lipinski definition) is 3. The number of rotatable bonds is 18. The molecule has 10 atom stereocenters. The van der Waals surface area contributed by atoms with Crippen molar-refractivity contribution < 1.29 is 85.2 Å². The minimum Gasteiger partial charge on any atom is -0.463 e. The molecule has 21 nitrogen and oxygen atoms in total. The Labute approximate surface area is 327 Å². The largest absolute Gasteiger partial charge is 0.463 e. The quantitative estimate of drug-likeness (QED) is 0.0551. The van der Waals surface area contributed by atoms with E-state index in [1.807, 2.05) is 0 Å². The van der Waals surface area contributed by atoms with E-state index < -0.39 is 123 Å². The molecule has 2 rings (SSSR count). The van der Waals surface area contributed by atoms with Gasteiger partial charge in [-0.1, -0.05) is 0 Å². The highest BCUT2D eigenvalue weighted by molar-refractivity contribution is 8.08. The average Bonchev–Trinajstić information content (AvgIpc) is 3.04. The Morgan fingerprint density at radius 1 is 0.618 bits per heavy atom. The van der Waals surface area contributed by atoms with Crippen LogP contribution in [0.15, 0.2) is 0 Å². The Hall–Kier alpha value is -3.41. The smallest absolute Gasteiger partial charge is 0.303 e. The van der Waals surface area contributed by atoms with Crippen molar-refractivity contribution in [3.05, 3.63) is 0 Å². The molecule has 2 heterocycles. The van der Waals surface area contributed by atoms with E-state index in [2.05, 4.69) is 15.9 Å². The zero-order valence-electron chi connectivity index (χ0n) is 31.7. The van der Waals surface area contributed by atoms with Gasteiger partial charge in [-0.25, -0.2) is 0 Å². The zero-order chi connectivity index (χ0) is 41.6. The summed E-state index contributed by atoms with van der Waals surface area (Å²) in [7, 11) is 0. The third-order valence-corrected chi connectivity index (χ3v) is 9.85. The van der Waals surface area contributed by atoms with E-state index in [1.54, 1.807) is 13.8 Å². The summed E-state index contributed by atoms with van der Waals surface area (Å²) in [5, 5.41) is 5.29. The normalized spacial score (nSPS) is 27.7. The summed E-state index contributed by atoms with van der Waals surface area (Å²) in [6.07, 6.45) is -16.1. The number of hydrogen-bond acceptors (Lipinski definition) is 20. The maximum Gasteiger partial charge on any atom is 0.303 e. The Kier molecular flexibility index (Phi) is 19.4. The molecule has 0 amide bonds. The van der Waals surface area contributed by atoms with Gasteiger partial charge in [0, 0.05) is 48.0 Å². The summed E-state index contributed by atoms with van der Waals surface area (Å²) < 4.78 is 62.5. The van der Waals surface area contributed by atoms with Crippen LogP contribution in [-0.4, -0.2) is 128 Å². The lowest BCUT2D eigenvalue weighted by molar-refractivity contribution is -0.343. The number of carbonyl (C=O) groups is 7. The number of thiocarbonyl (C=S) groups is 1. The van der Waals surface area contributed by atoms with Crippen molar-refractivity contribution in [1.82, 2.24) is 15.9 Å². The molecule has 0 aliphatic carbocycles. The number of Topliss-reactive ketones (excluding diaryl/α,β-unsaturated/α-hetero) is 1. The minimum absolute atomic E-state index is 0.193. The number of esters is 6. The van der Waals surface area contributed by atoms with Crippen LogP contribution in [0.2, 0.25) is 0 Å². The number of carbonyl (C=O) groups excluding carboxylic acids is 7.